The molecule has 0 saturated carbocycles. The van der Waals surface area contributed by atoms with Crippen LogP contribution in [-0.4, -0.2) is 14.7 Å². The number of nitrogens with zero attached hydrogens (tertiary/aromatic N) is 3. The minimum atomic E-state index is -4.73. The van der Waals surface area contributed by atoms with Crippen LogP contribution in [0.2, 0.25) is 0 Å². The van der Waals surface area contributed by atoms with Crippen LogP contribution < -0.4 is 0 Å². The van der Waals surface area contributed by atoms with Gasteiger partial charge in [0.1, 0.15) is 11.5 Å². The van der Waals surface area contributed by atoms with Crippen molar-refractivity contribution in [3.05, 3.63) is 78.7 Å². The highest BCUT2D eigenvalue weighted by molar-refractivity contribution is 5.80. The zero-order valence-corrected chi connectivity index (χ0v) is 13.6. The smallest absolute Gasteiger partial charge is 0.350 e. The Labute approximate surface area is 150 Å². The summed E-state index contributed by atoms with van der Waals surface area (Å²) in [5.41, 5.74) is 0.887. The van der Waals surface area contributed by atoms with Gasteiger partial charge in [0.15, 0.2) is 0 Å². The molecule has 2 aromatic carbocycles. The van der Waals surface area contributed by atoms with Gasteiger partial charge in [-0.2, -0.15) is 13.2 Å². The summed E-state index contributed by atoms with van der Waals surface area (Å²) in [6, 6.07) is 13.9. The average molecular weight is 373 g/mol. The van der Waals surface area contributed by atoms with Crippen LogP contribution in [0.25, 0.3) is 28.2 Å². The molecule has 0 N–H and O–H groups in total. The van der Waals surface area contributed by atoms with Gasteiger partial charge in [-0.3, -0.25) is 0 Å². The van der Waals surface area contributed by atoms with E-state index in [-0.39, 0.29) is 17.0 Å². The van der Waals surface area contributed by atoms with Gasteiger partial charge in [-0.15, -0.1) is 0 Å². The topological polar surface area (TPSA) is 43.9 Å². The first-order valence-electron chi connectivity index (χ1n) is 7.86. The summed E-state index contributed by atoms with van der Waals surface area (Å²) >= 11 is 0. The van der Waals surface area contributed by atoms with Crippen LogP contribution in [0, 0.1) is 5.82 Å². The molecule has 0 aliphatic rings. The molecule has 136 valence electrons. The number of hydrogen-bond donors (Lipinski definition) is 0. The van der Waals surface area contributed by atoms with Crippen LogP contribution in [0.3, 0.4) is 0 Å². The molecule has 0 spiro atoms. The normalized spacial score (nSPS) is 11.7. The summed E-state index contributed by atoms with van der Waals surface area (Å²) in [5, 5.41) is 3.63. The van der Waals surface area contributed by atoms with E-state index in [2.05, 4.69) is 14.7 Å². The van der Waals surface area contributed by atoms with Crippen molar-refractivity contribution < 1.29 is 22.1 Å². The van der Waals surface area contributed by atoms with Crippen LogP contribution in [0.4, 0.5) is 17.6 Å². The highest BCUT2D eigenvalue weighted by Gasteiger charge is 2.41. The Balaban J connectivity index is 1.86. The molecular weight excluding hydrogens is 362 g/mol. The summed E-state index contributed by atoms with van der Waals surface area (Å²) in [5.74, 6) is -1.63. The third-order valence-corrected chi connectivity index (χ3v) is 3.96. The predicted octanol–water partition coefficient (Wildman–Crippen LogP) is 5.35. The number of hydrogen-bond acceptors (Lipinski definition) is 3. The van der Waals surface area contributed by atoms with E-state index in [1.165, 1.54) is 41.4 Å². The first-order chi connectivity index (χ1) is 12.9. The Morgan fingerprint density at radius 2 is 1.63 bits per heavy atom. The molecule has 4 nitrogen and oxygen atoms in total. The molecule has 2 aromatic heterocycles. The molecule has 27 heavy (non-hydrogen) atoms. The Kier molecular flexibility index (Phi) is 4.02. The molecular formula is C19H11F4N3O. The fraction of sp³-hybridized carbons (Fsp3) is 0.0526. The molecule has 0 radical (unpaired) electrons. The van der Waals surface area contributed by atoms with Crippen molar-refractivity contribution in [3.8, 4) is 28.2 Å². The van der Waals surface area contributed by atoms with Crippen molar-refractivity contribution in [1.82, 2.24) is 14.7 Å². The predicted molar refractivity (Wildman–Crippen MR) is 89.5 cm³/mol. The summed E-state index contributed by atoms with van der Waals surface area (Å²) < 4.78 is 59.5. The summed E-state index contributed by atoms with van der Waals surface area (Å²) in [4.78, 5) is 4.09. The molecule has 8 heteroatoms. The van der Waals surface area contributed by atoms with Crippen molar-refractivity contribution in [2.24, 2.45) is 0 Å². The molecule has 2 heterocycles. The zero-order valence-electron chi connectivity index (χ0n) is 13.6. The average Bonchev–Trinajstić information content (AvgIpc) is 3.29. The minimum absolute atomic E-state index is 0.0479. The van der Waals surface area contributed by atoms with E-state index >= 15 is 0 Å². The summed E-state index contributed by atoms with van der Waals surface area (Å²) in [6.07, 6.45) is -1.96. The highest BCUT2D eigenvalue weighted by atomic mass is 19.4. The van der Waals surface area contributed by atoms with Gasteiger partial charge in [0.05, 0.1) is 17.6 Å². The maximum Gasteiger partial charge on any atom is 0.453 e. The van der Waals surface area contributed by atoms with Gasteiger partial charge in [-0.1, -0.05) is 35.5 Å². The van der Waals surface area contributed by atoms with Crippen molar-refractivity contribution >= 4 is 0 Å². The lowest BCUT2D eigenvalue weighted by atomic mass is 10.0. The van der Waals surface area contributed by atoms with Crippen LogP contribution in [0.1, 0.15) is 5.76 Å². The van der Waals surface area contributed by atoms with E-state index in [9.17, 15) is 17.6 Å². The standard InChI is InChI=1S/C19H11F4N3O/c20-13-6-8-14(9-7-13)26-10-15(24-11-26)16-17(12-4-2-1-3-5-12)25-27-18(16)19(21,22)23/h1-11H. The zero-order chi connectivity index (χ0) is 19.0. The van der Waals surface area contributed by atoms with Crippen molar-refractivity contribution in [2.75, 3.05) is 0 Å². The molecule has 0 unspecified atom stereocenters. The molecule has 0 amide bonds. The van der Waals surface area contributed by atoms with E-state index in [0.717, 1.165) is 0 Å². The van der Waals surface area contributed by atoms with Gasteiger partial charge in [0, 0.05) is 17.4 Å². The van der Waals surface area contributed by atoms with Gasteiger partial charge in [0.2, 0.25) is 5.76 Å². The molecule has 0 fully saturated rings. The molecule has 0 saturated heterocycles. The van der Waals surface area contributed by atoms with Crippen LogP contribution >= 0.6 is 0 Å². The van der Waals surface area contributed by atoms with E-state index in [1.807, 2.05) is 0 Å². The van der Waals surface area contributed by atoms with Crippen molar-refractivity contribution in [3.63, 3.8) is 0 Å². The SMILES string of the molecule is Fc1ccc(-n2cnc(-c3c(-c4ccccc4)noc3C(F)(F)F)c2)cc1. The van der Waals surface area contributed by atoms with Gasteiger partial charge in [-0.25, -0.2) is 9.37 Å². The van der Waals surface area contributed by atoms with E-state index in [0.29, 0.717) is 11.3 Å². The largest absolute Gasteiger partial charge is 0.453 e. The van der Waals surface area contributed by atoms with Gasteiger partial charge in [0.25, 0.3) is 0 Å². The lowest BCUT2D eigenvalue weighted by Crippen LogP contribution is -2.05. The Morgan fingerprint density at radius 1 is 0.926 bits per heavy atom. The van der Waals surface area contributed by atoms with Gasteiger partial charge < -0.3 is 9.09 Å². The van der Waals surface area contributed by atoms with Gasteiger partial charge >= 0.3 is 6.18 Å². The molecule has 0 atom stereocenters. The van der Waals surface area contributed by atoms with Crippen molar-refractivity contribution in [2.45, 2.75) is 6.18 Å². The number of benzene rings is 2. The third kappa shape index (κ3) is 3.21. The van der Waals surface area contributed by atoms with Crippen LogP contribution in [-0.2, 0) is 6.18 Å². The van der Waals surface area contributed by atoms with Gasteiger partial charge in [-0.05, 0) is 24.3 Å². The van der Waals surface area contributed by atoms with E-state index < -0.39 is 17.8 Å². The Morgan fingerprint density at radius 3 is 2.30 bits per heavy atom. The highest BCUT2D eigenvalue weighted by Crippen LogP contribution is 2.42. The Bertz CT molecular complexity index is 1070. The number of halogens is 4. The molecule has 0 bridgehead atoms. The number of alkyl halides is 3. The second-order valence-electron chi connectivity index (χ2n) is 5.74. The maximum absolute atomic E-state index is 13.4. The Hall–Kier alpha value is -3.42. The second kappa shape index (κ2) is 6.39. The minimum Gasteiger partial charge on any atom is -0.350 e. The molecule has 4 aromatic rings. The first kappa shape index (κ1) is 17.0. The van der Waals surface area contributed by atoms with Crippen molar-refractivity contribution in [1.29, 1.82) is 0 Å². The quantitative estimate of drug-likeness (QED) is 0.455. The molecule has 0 aliphatic heterocycles. The lowest BCUT2D eigenvalue weighted by molar-refractivity contribution is -0.154. The maximum atomic E-state index is 13.4. The number of rotatable bonds is 3. The monoisotopic (exact) mass is 373 g/mol. The fourth-order valence-corrected chi connectivity index (χ4v) is 2.72. The second-order valence-corrected chi connectivity index (χ2v) is 5.74. The molecule has 4 rings (SSSR count). The van der Waals surface area contributed by atoms with Crippen LogP contribution in [0.15, 0.2) is 71.6 Å². The fourth-order valence-electron chi connectivity index (χ4n) is 2.72. The number of aromatic nitrogens is 3. The van der Waals surface area contributed by atoms with E-state index in [4.69, 9.17) is 0 Å². The first-order valence-corrected chi connectivity index (χ1v) is 7.86. The third-order valence-electron chi connectivity index (χ3n) is 3.96. The van der Waals surface area contributed by atoms with E-state index in [1.54, 1.807) is 30.3 Å². The summed E-state index contributed by atoms with van der Waals surface area (Å²) in [6.45, 7) is 0. The summed E-state index contributed by atoms with van der Waals surface area (Å²) in [7, 11) is 0. The lowest BCUT2D eigenvalue weighted by Gasteiger charge is -2.05. The van der Waals surface area contributed by atoms with Crippen LogP contribution in [0.5, 0.6) is 0 Å². The number of imidazole rings is 1. The molecule has 0 aliphatic carbocycles.